The molecule has 2 aliphatic rings. The Morgan fingerprint density at radius 1 is 1.10 bits per heavy atom. The summed E-state index contributed by atoms with van der Waals surface area (Å²) in [7, 11) is 0. The summed E-state index contributed by atoms with van der Waals surface area (Å²) in [5.41, 5.74) is 4.51. The number of hydrogen-bond donors (Lipinski definition) is 1. The fourth-order valence-electron chi connectivity index (χ4n) is 4.47. The predicted octanol–water partition coefficient (Wildman–Crippen LogP) is 3.98. The molecule has 29 heavy (non-hydrogen) atoms. The normalized spacial score (nSPS) is 18.3. The summed E-state index contributed by atoms with van der Waals surface area (Å²) in [6.45, 7) is 5.86. The molecule has 0 atom stereocenters. The maximum Gasteiger partial charge on any atom is 0.235 e. The molecule has 0 spiro atoms. The average Bonchev–Trinajstić information content (AvgIpc) is 2.74. The monoisotopic (exact) mass is 392 g/mol. The number of benzene rings is 2. The van der Waals surface area contributed by atoms with Gasteiger partial charge in [-0.3, -0.25) is 9.59 Å². The maximum absolute atomic E-state index is 13.5. The van der Waals surface area contributed by atoms with E-state index >= 15 is 0 Å². The van der Waals surface area contributed by atoms with E-state index < -0.39 is 5.41 Å². The minimum Gasteiger partial charge on any atom is -0.381 e. The van der Waals surface area contributed by atoms with Gasteiger partial charge in [-0.2, -0.15) is 0 Å². The molecule has 5 nitrogen and oxygen atoms in total. The largest absolute Gasteiger partial charge is 0.381 e. The standard InChI is InChI=1S/C24H28N2O3/c1-3-26-21-10-9-20(16-18(21)6-11-22(26)27)25-23(28)24(12-14-29-15-13-24)19-7-4-17(2)5-8-19/h4-5,7-10,16H,3,6,11-15H2,1-2H3,(H,25,28). The molecule has 0 bridgehead atoms. The number of nitrogens with zero attached hydrogens (tertiary/aromatic N) is 1. The van der Waals surface area contributed by atoms with Gasteiger partial charge in [0.2, 0.25) is 11.8 Å². The molecule has 4 rings (SSSR count). The van der Waals surface area contributed by atoms with Crippen molar-refractivity contribution in [3.63, 3.8) is 0 Å². The van der Waals surface area contributed by atoms with Gasteiger partial charge >= 0.3 is 0 Å². The lowest BCUT2D eigenvalue weighted by molar-refractivity contribution is -0.125. The van der Waals surface area contributed by atoms with Crippen molar-refractivity contribution in [3.8, 4) is 0 Å². The number of hydrogen-bond acceptors (Lipinski definition) is 3. The molecule has 5 heteroatoms. The van der Waals surface area contributed by atoms with Crippen LogP contribution >= 0.6 is 0 Å². The van der Waals surface area contributed by atoms with E-state index in [0.29, 0.717) is 45.4 Å². The van der Waals surface area contributed by atoms with Gasteiger partial charge in [0.15, 0.2) is 0 Å². The van der Waals surface area contributed by atoms with Gasteiger partial charge in [0.05, 0.1) is 5.41 Å². The minimum atomic E-state index is -0.576. The molecule has 0 radical (unpaired) electrons. The van der Waals surface area contributed by atoms with Crippen LogP contribution in [-0.4, -0.2) is 31.6 Å². The van der Waals surface area contributed by atoms with Crippen LogP contribution in [0.5, 0.6) is 0 Å². The lowest BCUT2D eigenvalue weighted by Gasteiger charge is -2.36. The molecule has 1 fully saturated rings. The molecule has 2 aromatic rings. The number of ether oxygens (including phenoxy) is 1. The van der Waals surface area contributed by atoms with Gasteiger partial charge in [-0.15, -0.1) is 0 Å². The second-order valence-electron chi connectivity index (χ2n) is 8.00. The third kappa shape index (κ3) is 3.67. The highest BCUT2D eigenvalue weighted by atomic mass is 16.5. The predicted molar refractivity (Wildman–Crippen MR) is 114 cm³/mol. The van der Waals surface area contributed by atoms with Crippen LogP contribution in [0.2, 0.25) is 0 Å². The highest BCUT2D eigenvalue weighted by Gasteiger charge is 2.41. The molecule has 0 aromatic heterocycles. The molecule has 0 saturated carbocycles. The quantitative estimate of drug-likeness (QED) is 0.856. The number of anilines is 2. The number of amides is 2. The number of fused-ring (bicyclic) bond motifs is 1. The van der Waals surface area contributed by atoms with Crippen molar-refractivity contribution in [2.75, 3.05) is 30.0 Å². The number of carbonyl (C=O) groups is 2. The van der Waals surface area contributed by atoms with Crippen LogP contribution < -0.4 is 10.2 Å². The van der Waals surface area contributed by atoms with Crippen molar-refractivity contribution in [2.45, 2.75) is 44.9 Å². The van der Waals surface area contributed by atoms with Crippen LogP contribution in [0, 0.1) is 6.92 Å². The van der Waals surface area contributed by atoms with Gasteiger partial charge in [0, 0.05) is 37.6 Å². The minimum absolute atomic E-state index is 0.0174. The summed E-state index contributed by atoms with van der Waals surface area (Å²) >= 11 is 0. The number of rotatable bonds is 4. The summed E-state index contributed by atoms with van der Waals surface area (Å²) in [4.78, 5) is 27.4. The van der Waals surface area contributed by atoms with E-state index in [0.717, 1.165) is 22.5 Å². The van der Waals surface area contributed by atoms with Crippen molar-refractivity contribution in [3.05, 3.63) is 59.2 Å². The van der Waals surface area contributed by atoms with Gasteiger partial charge in [0.25, 0.3) is 0 Å². The van der Waals surface area contributed by atoms with Gasteiger partial charge in [-0.1, -0.05) is 29.8 Å². The summed E-state index contributed by atoms with van der Waals surface area (Å²) in [5, 5.41) is 3.16. The van der Waals surface area contributed by atoms with Gasteiger partial charge in [-0.05, 0) is 62.4 Å². The first-order valence-corrected chi connectivity index (χ1v) is 10.4. The average molecular weight is 392 g/mol. The fraction of sp³-hybridized carbons (Fsp3) is 0.417. The fourth-order valence-corrected chi connectivity index (χ4v) is 4.47. The molecule has 0 unspecified atom stereocenters. The van der Waals surface area contributed by atoms with Crippen molar-refractivity contribution < 1.29 is 14.3 Å². The third-order valence-electron chi connectivity index (χ3n) is 6.24. The summed E-state index contributed by atoms with van der Waals surface area (Å²) in [6.07, 6.45) is 2.57. The van der Waals surface area contributed by atoms with E-state index in [1.807, 2.05) is 30.0 Å². The molecular formula is C24H28N2O3. The van der Waals surface area contributed by atoms with E-state index in [9.17, 15) is 9.59 Å². The molecular weight excluding hydrogens is 364 g/mol. The van der Waals surface area contributed by atoms with Crippen LogP contribution in [0.4, 0.5) is 11.4 Å². The first kappa shape index (κ1) is 19.6. The molecule has 2 aromatic carbocycles. The number of aryl methyl sites for hydroxylation is 2. The third-order valence-corrected chi connectivity index (χ3v) is 6.24. The Hall–Kier alpha value is -2.66. The Morgan fingerprint density at radius 2 is 1.83 bits per heavy atom. The highest BCUT2D eigenvalue weighted by molar-refractivity contribution is 6.00. The van der Waals surface area contributed by atoms with Crippen molar-refractivity contribution in [1.29, 1.82) is 0 Å². The summed E-state index contributed by atoms with van der Waals surface area (Å²) < 4.78 is 5.56. The zero-order valence-corrected chi connectivity index (χ0v) is 17.2. The van der Waals surface area contributed by atoms with E-state index in [4.69, 9.17) is 4.74 Å². The summed E-state index contributed by atoms with van der Waals surface area (Å²) in [5.74, 6) is 0.182. The van der Waals surface area contributed by atoms with E-state index in [-0.39, 0.29) is 11.8 Å². The van der Waals surface area contributed by atoms with E-state index in [1.165, 1.54) is 5.56 Å². The van der Waals surface area contributed by atoms with E-state index in [1.54, 1.807) is 0 Å². The Bertz CT molecular complexity index is 914. The van der Waals surface area contributed by atoms with Crippen molar-refractivity contribution in [2.24, 2.45) is 0 Å². The van der Waals surface area contributed by atoms with Crippen LogP contribution in [0.25, 0.3) is 0 Å². The Morgan fingerprint density at radius 3 is 2.52 bits per heavy atom. The van der Waals surface area contributed by atoms with E-state index in [2.05, 4.69) is 36.5 Å². The van der Waals surface area contributed by atoms with Crippen LogP contribution in [0.15, 0.2) is 42.5 Å². The first-order chi connectivity index (χ1) is 14.0. The van der Waals surface area contributed by atoms with Crippen LogP contribution in [0.3, 0.4) is 0 Å². The van der Waals surface area contributed by atoms with Crippen molar-refractivity contribution >= 4 is 23.2 Å². The van der Waals surface area contributed by atoms with Gasteiger partial charge in [0.1, 0.15) is 0 Å². The Balaban J connectivity index is 1.61. The Labute approximate surface area is 172 Å². The molecule has 0 aliphatic carbocycles. The highest BCUT2D eigenvalue weighted by Crippen LogP contribution is 2.37. The SMILES string of the molecule is CCN1C(=O)CCc2cc(NC(=O)C3(c4ccc(C)cc4)CCOCC3)ccc21. The van der Waals surface area contributed by atoms with Crippen molar-refractivity contribution in [1.82, 2.24) is 0 Å². The Kier molecular flexibility index (Phi) is 5.41. The van der Waals surface area contributed by atoms with Crippen LogP contribution in [0.1, 0.15) is 42.9 Å². The molecule has 2 amide bonds. The molecule has 152 valence electrons. The second-order valence-corrected chi connectivity index (χ2v) is 8.00. The van der Waals surface area contributed by atoms with Gasteiger partial charge < -0.3 is 15.0 Å². The second kappa shape index (κ2) is 7.99. The summed E-state index contributed by atoms with van der Waals surface area (Å²) in [6, 6.07) is 14.1. The number of carbonyl (C=O) groups excluding carboxylic acids is 2. The first-order valence-electron chi connectivity index (χ1n) is 10.4. The topological polar surface area (TPSA) is 58.6 Å². The lowest BCUT2D eigenvalue weighted by atomic mass is 9.73. The molecule has 2 aliphatic heterocycles. The maximum atomic E-state index is 13.5. The van der Waals surface area contributed by atoms with Crippen LogP contribution in [-0.2, 0) is 26.2 Å². The smallest absolute Gasteiger partial charge is 0.235 e. The zero-order valence-electron chi connectivity index (χ0n) is 17.2. The molecule has 1 N–H and O–H groups in total. The zero-order chi connectivity index (χ0) is 20.4. The van der Waals surface area contributed by atoms with Gasteiger partial charge in [-0.25, -0.2) is 0 Å². The lowest BCUT2D eigenvalue weighted by Crippen LogP contribution is -2.44. The number of nitrogens with one attached hydrogen (secondary N) is 1. The molecule has 1 saturated heterocycles. The molecule has 2 heterocycles.